The van der Waals surface area contributed by atoms with Crippen LogP contribution in [0.15, 0.2) is 97.1 Å². The number of hydrogen-bond acceptors (Lipinski definition) is 4. The number of benzene rings is 4. The summed E-state index contributed by atoms with van der Waals surface area (Å²) in [6, 6.07) is 28.6. The smallest absolute Gasteiger partial charge is 0.332 e. The molecule has 0 aliphatic carbocycles. The van der Waals surface area contributed by atoms with Gasteiger partial charge in [-0.15, -0.1) is 0 Å². The van der Waals surface area contributed by atoms with Crippen molar-refractivity contribution in [3.63, 3.8) is 0 Å². The first-order chi connectivity index (χ1) is 20.9. The zero-order chi connectivity index (χ0) is 29.7. The number of hydrogen-bond donors (Lipinski definition) is 2. The van der Waals surface area contributed by atoms with E-state index < -0.39 is 18.1 Å². The number of aryl methyl sites for hydroxylation is 1. The number of H-pyrrole nitrogens is 1. The molecule has 2 aliphatic rings. The van der Waals surface area contributed by atoms with Gasteiger partial charge in [-0.1, -0.05) is 72.3 Å². The van der Waals surface area contributed by atoms with E-state index in [1.54, 1.807) is 36.3 Å². The first kappa shape index (κ1) is 26.5. The van der Waals surface area contributed by atoms with Gasteiger partial charge in [-0.05, 0) is 53.9 Å². The van der Waals surface area contributed by atoms with Gasteiger partial charge in [0.2, 0.25) is 0 Å². The molecule has 2 atom stereocenters. The standard InChI is InChI=1S/C35H30N4O4/c1-21-11-15-23(16-12-21)32-31-27(25-7-3-5-9-28(25)37-31)19-30-34(41)39(35(42)38(30)32)29-10-6-4-8-26(29)33(40)36-20-22-13-17-24(43-2)18-14-22/h3-18,30,32,37H,19-20H2,1-2H3,(H,36,40). The van der Waals surface area contributed by atoms with E-state index in [0.717, 1.165) is 44.6 Å². The fourth-order valence-electron chi connectivity index (χ4n) is 6.27. The minimum absolute atomic E-state index is 0.258. The van der Waals surface area contributed by atoms with Crippen LogP contribution in [0.25, 0.3) is 10.9 Å². The monoisotopic (exact) mass is 570 g/mol. The molecule has 0 spiro atoms. The highest BCUT2D eigenvalue weighted by Crippen LogP contribution is 2.45. The van der Waals surface area contributed by atoms with E-state index in [1.165, 1.54) is 4.90 Å². The van der Waals surface area contributed by atoms with Crippen LogP contribution in [0.1, 0.15) is 44.3 Å². The number of para-hydroxylation sites is 2. The van der Waals surface area contributed by atoms with E-state index >= 15 is 0 Å². The molecule has 4 amide bonds. The third-order valence-corrected chi connectivity index (χ3v) is 8.44. The Kier molecular flexibility index (Phi) is 6.46. The zero-order valence-corrected chi connectivity index (χ0v) is 23.8. The minimum Gasteiger partial charge on any atom is -0.497 e. The number of imide groups is 1. The van der Waals surface area contributed by atoms with Crippen molar-refractivity contribution in [3.05, 3.63) is 131 Å². The second-order valence-electron chi connectivity index (χ2n) is 11.0. The van der Waals surface area contributed by atoms with Gasteiger partial charge in [0.15, 0.2) is 0 Å². The number of carbonyl (C=O) groups excluding carboxylic acids is 3. The molecule has 3 heterocycles. The predicted molar refractivity (Wildman–Crippen MR) is 164 cm³/mol. The van der Waals surface area contributed by atoms with E-state index in [0.29, 0.717) is 6.42 Å². The number of carbonyl (C=O) groups is 3. The van der Waals surface area contributed by atoms with E-state index in [1.807, 2.05) is 79.7 Å². The lowest BCUT2D eigenvalue weighted by molar-refractivity contribution is -0.120. The number of aromatic amines is 1. The maximum atomic E-state index is 14.3. The molecule has 1 fully saturated rings. The molecule has 0 radical (unpaired) electrons. The summed E-state index contributed by atoms with van der Waals surface area (Å²) in [7, 11) is 1.60. The fraction of sp³-hybridized carbons (Fsp3) is 0.171. The molecule has 8 nitrogen and oxygen atoms in total. The van der Waals surface area contributed by atoms with Gasteiger partial charge in [0, 0.05) is 29.6 Å². The summed E-state index contributed by atoms with van der Waals surface area (Å²) < 4.78 is 5.21. The molecular weight excluding hydrogens is 540 g/mol. The molecule has 0 saturated carbocycles. The first-order valence-electron chi connectivity index (χ1n) is 14.3. The predicted octanol–water partition coefficient (Wildman–Crippen LogP) is 5.90. The van der Waals surface area contributed by atoms with Crippen molar-refractivity contribution in [2.45, 2.75) is 32.0 Å². The van der Waals surface area contributed by atoms with Crippen LogP contribution in [0.5, 0.6) is 5.75 Å². The van der Waals surface area contributed by atoms with E-state index in [9.17, 15) is 14.4 Å². The fourth-order valence-corrected chi connectivity index (χ4v) is 6.27. The Labute approximate surface area is 248 Å². The van der Waals surface area contributed by atoms with Gasteiger partial charge in [0.25, 0.3) is 11.8 Å². The molecule has 2 N–H and O–H groups in total. The average Bonchev–Trinajstić information content (AvgIpc) is 3.53. The van der Waals surface area contributed by atoms with E-state index in [4.69, 9.17) is 4.74 Å². The number of amides is 4. The molecule has 4 aromatic carbocycles. The van der Waals surface area contributed by atoms with E-state index in [-0.39, 0.29) is 29.6 Å². The Morgan fingerprint density at radius 2 is 1.65 bits per heavy atom. The Hall–Kier alpha value is -5.37. The SMILES string of the molecule is COc1ccc(CNC(=O)c2ccccc2N2C(=O)C3Cc4c([nH]c5ccccc45)C(c4ccc(C)cc4)N3C2=O)cc1. The Morgan fingerprint density at radius 3 is 2.42 bits per heavy atom. The first-order valence-corrected chi connectivity index (χ1v) is 14.3. The lowest BCUT2D eigenvalue weighted by atomic mass is 9.88. The summed E-state index contributed by atoms with van der Waals surface area (Å²) in [5.74, 6) is 0.0164. The van der Waals surface area contributed by atoms with Gasteiger partial charge in [-0.2, -0.15) is 0 Å². The summed E-state index contributed by atoms with van der Waals surface area (Å²) in [6.07, 6.45) is 0.384. The van der Waals surface area contributed by atoms with E-state index in [2.05, 4.69) is 10.3 Å². The van der Waals surface area contributed by atoms with Crippen LogP contribution in [-0.4, -0.2) is 40.9 Å². The highest BCUT2D eigenvalue weighted by atomic mass is 16.5. The molecule has 5 aromatic rings. The molecule has 7 rings (SSSR count). The highest BCUT2D eigenvalue weighted by molar-refractivity contribution is 6.24. The van der Waals surface area contributed by atoms with Crippen LogP contribution in [0.3, 0.4) is 0 Å². The molecule has 43 heavy (non-hydrogen) atoms. The normalized spacial score (nSPS) is 17.6. The van der Waals surface area contributed by atoms with Crippen molar-refractivity contribution >= 4 is 34.4 Å². The maximum absolute atomic E-state index is 14.3. The summed E-state index contributed by atoms with van der Waals surface area (Å²) in [4.78, 5) is 48.3. The number of nitrogens with zero attached hydrogens (tertiary/aromatic N) is 2. The minimum atomic E-state index is -0.707. The van der Waals surface area contributed by atoms with Crippen molar-refractivity contribution in [1.29, 1.82) is 0 Å². The summed E-state index contributed by atoms with van der Waals surface area (Å²) in [5.41, 5.74) is 6.37. The molecule has 2 unspecified atom stereocenters. The van der Waals surface area contributed by atoms with Crippen molar-refractivity contribution < 1.29 is 19.1 Å². The van der Waals surface area contributed by atoms with Crippen LogP contribution in [0.2, 0.25) is 0 Å². The summed E-state index contributed by atoms with van der Waals surface area (Å²) in [5, 5.41) is 3.98. The van der Waals surface area contributed by atoms with Crippen LogP contribution in [-0.2, 0) is 17.8 Å². The number of nitrogens with one attached hydrogen (secondary N) is 2. The van der Waals surface area contributed by atoms with Gasteiger partial charge in [-0.25, -0.2) is 9.69 Å². The number of fused-ring (bicyclic) bond motifs is 4. The molecule has 0 bridgehead atoms. The Morgan fingerprint density at radius 1 is 0.930 bits per heavy atom. The number of urea groups is 1. The number of aromatic nitrogens is 1. The van der Waals surface area contributed by atoms with Crippen molar-refractivity contribution in [1.82, 2.24) is 15.2 Å². The van der Waals surface area contributed by atoms with Crippen LogP contribution in [0, 0.1) is 6.92 Å². The van der Waals surface area contributed by atoms with Gasteiger partial charge in [0.05, 0.1) is 18.4 Å². The number of anilines is 1. The summed E-state index contributed by atoms with van der Waals surface area (Å²) >= 11 is 0. The number of rotatable bonds is 6. The molecule has 214 valence electrons. The number of ether oxygens (including phenoxy) is 1. The molecule has 1 saturated heterocycles. The lowest BCUT2D eigenvalue weighted by Gasteiger charge is -2.36. The van der Waals surface area contributed by atoms with Crippen LogP contribution >= 0.6 is 0 Å². The van der Waals surface area contributed by atoms with Gasteiger partial charge < -0.3 is 15.0 Å². The average molecular weight is 571 g/mol. The van der Waals surface area contributed by atoms with Crippen LogP contribution < -0.4 is 15.0 Å². The van der Waals surface area contributed by atoms with Crippen molar-refractivity contribution in [3.8, 4) is 5.75 Å². The lowest BCUT2D eigenvalue weighted by Crippen LogP contribution is -2.44. The molecule has 8 heteroatoms. The number of methoxy groups -OCH3 is 1. The summed E-state index contributed by atoms with van der Waals surface area (Å²) in [6.45, 7) is 2.30. The Balaban J connectivity index is 1.25. The largest absolute Gasteiger partial charge is 0.497 e. The molecular formula is C35H30N4O4. The second kappa shape index (κ2) is 10.5. The van der Waals surface area contributed by atoms with Crippen molar-refractivity contribution in [2.75, 3.05) is 12.0 Å². The molecule has 2 aliphatic heterocycles. The van der Waals surface area contributed by atoms with Gasteiger partial charge >= 0.3 is 6.03 Å². The highest BCUT2D eigenvalue weighted by Gasteiger charge is 2.53. The zero-order valence-electron chi connectivity index (χ0n) is 23.8. The quantitative estimate of drug-likeness (QED) is 0.249. The maximum Gasteiger partial charge on any atom is 0.332 e. The third-order valence-electron chi connectivity index (χ3n) is 8.44. The topological polar surface area (TPSA) is 94.7 Å². The second-order valence-corrected chi connectivity index (χ2v) is 11.0. The van der Waals surface area contributed by atoms with Gasteiger partial charge in [0.1, 0.15) is 17.8 Å². The van der Waals surface area contributed by atoms with Crippen molar-refractivity contribution in [2.24, 2.45) is 0 Å². The molecule has 1 aromatic heterocycles. The Bertz CT molecular complexity index is 1880. The third kappa shape index (κ3) is 4.43. The van der Waals surface area contributed by atoms with Gasteiger partial charge in [-0.3, -0.25) is 14.5 Å². The van der Waals surface area contributed by atoms with Crippen LogP contribution in [0.4, 0.5) is 10.5 Å².